The second-order valence-electron chi connectivity index (χ2n) is 5.81. The van der Waals surface area contributed by atoms with E-state index in [1.54, 1.807) is 0 Å². The molecule has 1 heteroatoms. The predicted octanol–water partition coefficient (Wildman–Crippen LogP) is 3.31. The second-order valence-corrected chi connectivity index (χ2v) is 5.81. The van der Waals surface area contributed by atoms with Gasteiger partial charge in [0.1, 0.15) is 6.29 Å². The molecule has 3 aliphatic rings. The summed E-state index contributed by atoms with van der Waals surface area (Å²) < 4.78 is 0. The number of fused-ring (bicyclic) bond motifs is 2. The van der Waals surface area contributed by atoms with E-state index in [1.807, 2.05) is 0 Å². The van der Waals surface area contributed by atoms with Gasteiger partial charge in [-0.05, 0) is 42.9 Å². The first kappa shape index (κ1) is 10.9. The zero-order valence-corrected chi connectivity index (χ0v) is 10.2. The van der Waals surface area contributed by atoms with E-state index < -0.39 is 0 Å². The second kappa shape index (κ2) is 3.77. The Bertz CT molecular complexity index is 288. The average molecular weight is 206 g/mol. The highest BCUT2D eigenvalue weighted by molar-refractivity contribution is 5.57. The van der Waals surface area contributed by atoms with Gasteiger partial charge in [0.15, 0.2) is 0 Å². The molecule has 0 aliphatic heterocycles. The summed E-state index contributed by atoms with van der Waals surface area (Å²) in [6.07, 6.45) is 4.90. The lowest BCUT2D eigenvalue weighted by Gasteiger charge is -2.50. The molecule has 0 aromatic carbocycles. The molecule has 0 spiro atoms. The van der Waals surface area contributed by atoms with E-state index in [9.17, 15) is 4.79 Å². The minimum Gasteiger partial charge on any atom is -0.303 e. The van der Waals surface area contributed by atoms with Gasteiger partial charge in [0.25, 0.3) is 0 Å². The summed E-state index contributed by atoms with van der Waals surface area (Å²) >= 11 is 0. The lowest BCUT2D eigenvalue weighted by Crippen LogP contribution is -2.45. The van der Waals surface area contributed by atoms with Crippen LogP contribution in [0.2, 0.25) is 0 Å². The van der Waals surface area contributed by atoms with Gasteiger partial charge in [-0.25, -0.2) is 0 Å². The van der Waals surface area contributed by atoms with E-state index in [2.05, 4.69) is 33.8 Å². The summed E-state index contributed by atoms with van der Waals surface area (Å²) in [6.45, 7) is 9.08. The Kier molecular flexibility index (Phi) is 2.74. The minimum atomic E-state index is 0.278. The topological polar surface area (TPSA) is 17.1 Å². The van der Waals surface area contributed by atoms with Crippen LogP contribution < -0.4 is 0 Å². The Balaban J connectivity index is 2.33. The van der Waals surface area contributed by atoms with Crippen molar-refractivity contribution in [3.63, 3.8) is 0 Å². The molecule has 3 rings (SSSR count). The maximum Gasteiger partial charge on any atom is 0.123 e. The molecule has 0 aromatic heterocycles. The van der Waals surface area contributed by atoms with Gasteiger partial charge in [0.05, 0.1) is 0 Å². The van der Waals surface area contributed by atoms with E-state index in [0.29, 0.717) is 23.7 Å². The zero-order chi connectivity index (χ0) is 11.2. The molecule has 1 nitrogen and oxygen atoms in total. The van der Waals surface area contributed by atoms with Crippen molar-refractivity contribution >= 4 is 6.29 Å². The van der Waals surface area contributed by atoms with Crippen molar-refractivity contribution in [3.05, 3.63) is 11.6 Å². The quantitative estimate of drug-likeness (QED) is 0.500. The van der Waals surface area contributed by atoms with Crippen LogP contribution in [0, 0.1) is 35.5 Å². The molecule has 0 radical (unpaired) electrons. The number of carbonyl (C=O) groups is 1. The molecule has 0 N–H and O–H groups in total. The fourth-order valence-electron chi connectivity index (χ4n) is 3.76. The van der Waals surface area contributed by atoms with E-state index in [-0.39, 0.29) is 5.92 Å². The first-order valence-corrected chi connectivity index (χ1v) is 6.19. The Hall–Kier alpha value is -0.590. The summed E-state index contributed by atoms with van der Waals surface area (Å²) in [5, 5.41) is 0. The molecule has 0 aromatic rings. The van der Waals surface area contributed by atoms with Crippen LogP contribution in [0.3, 0.4) is 0 Å². The average Bonchev–Trinajstić information content (AvgIpc) is 2.17. The summed E-state index contributed by atoms with van der Waals surface area (Å²) in [6, 6.07) is 0. The highest BCUT2D eigenvalue weighted by atomic mass is 16.1. The lowest BCUT2D eigenvalue weighted by molar-refractivity contribution is -0.117. The van der Waals surface area contributed by atoms with Gasteiger partial charge in [-0.15, -0.1) is 0 Å². The van der Waals surface area contributed by atoms with Crippen LogP contribution in [-0.4, -0.2) is 6.29 Å². The molecule has 1 fully saturated rings. The Morgan fingerprint density at radius 2 is 2.13 bits per heavy atom. The third-order valence-corrected chi connectivity index (χ3v) is 4.76. The lowest BCUT2D eigenvalue weighted by atomic mass is 9.54. The Morgan fingerprint density at radius 1 is 1.47 bits per heavy atom. The van der Waals surface area contributed by atoms with Crippen LogP contribution in [0.4, 0.5) is 0 Å². The molecule has 84 valence electrons. The van der Waals surface area contributed by atoms with Crippen molar-refractivity contribution in [1.82, 2.24) is 0 Å². The van der Waals surface area contributed by atoms with Crippen LogP contribution in [0.1, 0.15) is 34.1 Å². The third-order valence-electron chi connectivity index (χ3n) is 4.76. The molecular weight excluding hydrogens is 184 g/mol. The number of allylic oxidation sites excluding steroid dienone is 2. The van der Waals surface area contributed by atoms with Crippen molar-refractivity contribution in [2.24, 2.45) is 35.5 Å². The number of carbonyl (C=O) groups excluding carboxylic acids is 1. The fraction of sp³-hybridized carbons (Fsp3) is 0.786. The van der Waals surface area contributed by atoms with Crippen molar-refractivity contribution < 1.29 is 4.79 Å². The summed E-state index contributed by atoms with van der Waals surface area (Å²) in [5.41, 5.74) is 1.53. The van der Waals surface area contributed by atoms with Gasteiger partial charge in [-0.1, -0.05) is 32.4 Å². The van der Waals surface area contributed by atoms with Crippen molar-refractivity contribution in [3.8, 4) is 0 Å². The summed E-state index contributed by atoms with van der Waals surface area (Å²) in [4.78, 5) is 11.2. The number of rotatable bonds is 2. The van der Waals surface area contributed by atoms with Crippen molar-refractivity contribution in [1.29, 1.82) is 0 Å². The van der Waals surface area contributed by atoms with Crippen LogP contribution in [0.5, 0.6) is 0 Å². The normalized spacial score (nSPS) is 44.3. The molecular formula is C14H22O. The predicted molar refractivity (Wildman–Crippen MR) is 62.4 cm³/mol. The number of hydrogen-bond donors (Lipinski definition) is 0. The molecule has 1 saturated carbocycles. The third kappa shape index (κ3) is 1.56. The molecule has 3 aliphatic carbocycles. The first-order chi connectivity index (χ1) is 7.06. The van der Waals surface area contributed by atoms with Crippen LogP contribution in [-0.2, 0) is 4.79 Å². The van der Waals surface area contributed by atoms with E-state index in [4.69, 9.17) is 0 Å². The van der Waals surface area contributed by atoms with Crippen LogP contribution in [0.15, 0.2) is 11.6 Å². The monoisotopic (exact) mass is 206 g/mol. The van der Waals surface area contributed by atoms with Crippen molar-refractivity contribution in [2.75, 3.05) is 0 Å². The molecule has 5 atom stereocenters. The number of hydrogen-bond acceptors (Lipinski definition) is 1. The highest BCUT2D eigenvalue weighted by Gasteiger charge is 2.46. The Labute approximate surface area is 92.9 Å². The van der Waals surface area contributed by atoms with E-state index in [1.165, 1.54) is 18.3 Å². The molecule has 15 heavy (non-hydrogen) atoms. The Morgan fingerprint density at radius 3 is 2.67 bits per heavy atom. The van der Waals surface area contributed by atoms with Gasteiger partial charge >= 0.3 is 0 Å². The van der Waals surface area contributed by atoms with Gasteiger partial charge in [-0.3, -0.25) is 0 Å². The smallest absolute Gasteiger partial charge is 0.123 e. The van der Waals surface area contributed by atoms with Crippen molar-refractivity contribution in [2.45, 2.75) is 34.1 Å². The van der Waals surface area contributed by atoms with Crippen LogP contribution >= 0.6 is 0 Å². The van der Waals surface area contributed by atoms with Gasteiger partial charge in [-0.2, -0.15) is 0 Å². The molecule has 0 saturated heterocycles. The van der Waals surface area contributed by atoms with Gasteiger partial charge in [0.2, 0.25) is 0 Å². The maximum atomic E-state index is 11.2. The molecule has 0 amide bonds. The largest absolute Gasteiger partial charge is 0.303 e. The summed E-state index contributed by atoms with van der Waals surface area (Å²) in [7, 11) is 0. The SMILES string of the molecule is CC1=CC2C(C=O)C(C)C1CC2C(C)C. The maximum absolute atomic E-state index is 11.2. The minimum absolute atomic E-state index is 0.278. The van der Waals surface area contributed by atoms with E-state index >= 15 is 0 Å². The fourth-order valence-corrected chi connectivity index (χ4v) is 3.76. The van der Waals surface area contributed by atoms with Crippen LogP contribution in [0.25, 0.3) is 0 Å². The zero-order valence-electron chi connectivity index (χ0n) is 10.2. The number of aldehydes is 1. The van der Waals surface area contributed by atoms with E-state index in [0.717, 1.165) is 5.92 Å². The molecule has 2 bridgehead atoms. The standard InChI is InChI=1S/C14H22O/c1-8(2)11-6-12-9(3)5-13(11)14(7-15)10(12)4/h5,7-8,10-14H,6H2,1-4H3. The molecule has 0 heterocycles. The van der Waals surface area contributed by atoms with Gasteiger partial charge in [0, 0.05) is 5.92 Å². The van der Waals surface area contributed by atoms with Gasteiger partial charge < -0.3 is 4.79 Å². The molecule has 5 unspecified atom stereocenters. The summed E-state index contributed by atoms with van der Waals surface area (Å²) in [5.74, 6) is 3.45. The first-order valence-electron chi connectivity index (χ1n) is 6.19. The highest BCUT2D eigenvalue weighted by Crippen LogP contribution is 2.52.